The van der Waals surface area contributed by atoms with Crippen LogP contribution in [0, 0.1) is 0 Å². The molecule has 4 rings (SSSR count). The monoisotopic (exact) mass is 500 g/mol. The van der Waals surface area contributed by atoms with Crippen molar-refractivity contribution in [3.63, 3.8) is 0 Å². The van der Waals surface area contributed by atoms with E-state index in [1.165, 1.54) is 0 Å². The maximum absolute atomic E-state index is 12.6. The fourth-order valence-electron chi connectivity index (χ4n) is 3.70. The first-order chi connectivity index (χ1) is 15.1. The zero-order valence-corrected chi connectivity index (χ0v) is 19.2. The van der Waals surface area contributed by atoms with Crippen LogP contribution in [0.25, 0.3) is 10.8 Å². The smallest absolute Gasteiger partial charge is 0.274 e. The normalized spacial score (nSPS) is 16.8. The highest BCUT2D eigenvalue weighted by Crippen LogP contribution is 2.40. The number of ether oxygens (including phenoxy) is 1. The van der Waals surface area contributed by atoms with Gasteiger partial charge in [-0.3, -0.25) is 4.90 Å². The van der Waals surface area contributed by atoms with Gasteiger partial charge in [0.05, 0.1) is 29.7 Å². The van der Waals surface area contributed by atoms with E-state index in [0.29, 0.717) is 23.9 Å². The summed E-state index contributed by atoms with van der Waals surface area (Å²) in [5, 5.41) is 6.71. The molecule has 0 radical (unpaired) electrons. The number of benzene rings is 2. The molecule has 2 aliphatic heterocycles. The molecule has 0 fully saturated rings. The number of halogens is 1. The molecule has 5 N–H and O–H groups in total. The first kappa shape index (κ1) is 22.9. The summed E-state index contributed by atoms with van der Waals surface area (Å²) >= 11 is 6.57. The highest BCUT2D eigenvalue weighted by atomic mass is 35.5. The Bertz CT molecular complexity index is 1360. The first-order valence-corrected chi connectivity index (χ1v) is 13.1. The minimum atomic E-state index is -3.89. The molecule has 0 aliphatic carbocycles. The van der Waals surface area contributed by atoms with Crippen molar-refractivity contribution in [2.45, 2.75) is 19.6 Å². The standard InChI is InChI=1S/C18H21ClN6O5S2/c19-14-7-12-9-30-8-11-3-1-4-13(15(11)12)16(14)25-10-22-18(24-17(25)20)31(26,27)6-2-5-23-32(21,28)29/h1,3-4,7,23H,2,5-6,8-10H2,(H2,20,22,24)(H2,21,28,29). The van der Waals surface area contributed by atoms with E-state index in [2.05, 4.69) is 9.98 Å². The Balaban J connectivity index is 1.60. The van der Waals surface area contributed by atoms with Gasteiger partial charge in [0.1, 0.15) is 6.67 Å². The number of nitrogens with two attached hydrogens (primary N) is 2. The molecular weight excluding hydrogens is 480 g/mol. The Hall–Kier alpha value is -2.29. The first-order valence-electron chi connectivity index (χ1n) is 9.54. The third-order valence-electron chi connectivity index (χ3n) is 5.04. The zero-order valence-electron chi connectivity index (χ0n) is 16.8. The van der Waals surface area contributed by atoms with Gasteiger partial charge in [-0.05, 0) is 29.0 Å². The number of guanidine groups is 1. The van der Waals surface area contributed by atoms with Crippen molar-refractivity contribution in [2.24, 2.45) is 20.9 Å². The van der Waals surface area contributed by atoms with Crippen molar-refractivity contribution in [2.75, 3.05) is 23.9 Å². The van der Waals surface area contributed by atoms with Crippen molar-refractivity contribution in [3.05, 3.63) is 40.4 Å². The number of anilines is 1. The van der Waals surface area contributed by atoms with Crippen LogP contribution in [-0.4, -0.2) is 46.9 Å². The van der Waals surface area contributed by atoms with Crippen LogP contribution in [0.3, 0.4) is 0 Å². The Morgan fingerprint density at radius 1 is 1.19 bits per heavy atom. The number of amidine groups is 1. The summed E-state index contributed by atoms with van der Waals surface area (Å²) in [6.07, 6.45) is -0.000300. The van der Waals surface area contributed by atoms with E-state index in [4.69, 9.17) is 27.2 Å². The topological polar surface area (TPSA) is 170 Å². The van der Waals surface area contributed by atoms with Gasteiger partial charge in [-0.2, -0.15) is 13.4 Å². The number of rotatable bonds is 6. The molecule has 2 aromatic carbocycles. The third-order valence-corrected chi connectivity index (χ3v) is 7.54. The molecule has 0 atom stereocenters. The summed E-state index contributed by atoms with van der Waals surface area (Å²) in [5.41, 5.74) is 8.71. The SMILES string of the molecule is NC1=NC(S(=O)(=O)CCCNS(N)(=O)=O)=NCN1c1c(Cl)cc2c3c(cccc13)COC2. The minimum absolute atomic E-state index is 0.000300. The van der Waals surface area contributed by atoms with Gasteiger partial charge in [-0.1, -0.05) is 29.8 Å². The minimum Gasteiger partial charge on any atom is -0.372 e. The quantitative estimate of drug-likeness (QED) is 0.486. The van der Waals surface area contributed by atoms with Gasteiger partial charge in [0.15, 0.2) is 0 Å². The molecular formula is C18H21ClN6O5S2. The van der Waals surface area contributed by atoms with Crippen LogP contribution < -0.4 is 20.5 Å². The van der Waals surface area contributed by atoms with E-state index >= 15 is 0 Å². The van der Waals surface area contributed by atoms with Crippen LogP contribution in [0.2, 0.25) is 5.02 Å². The van der Waals surface area contributed by atoms with Gasteiger partial charge in [0.25, 0.3) is 10.2 Å². The average molecular weight is 501 g/mol. The van der Waals surface area contributed by atoms with Crippen molar-refractivity contribution < 1.29 is 21.6 Å². The molecule has 0 saturated carbocycles. The molecule has 14 heteroatoms. The molecule has 0 unspecified atom stereocenters. The second kappa shape index (κ2) is 8.57. The highest BCUT2D eigenvalue weighted by molar-refractivity contribution is 8.06. The van der Waals surface area contributed by atoms with Crippen LogP contribution in [0.1, 0.15) is 17.5 Å². The van der Waals surface area contributed by atoms with E-state index in [0.717, 1.165) is 21.9 Å². The molecule has 0 amide bonds. The lowest BCUT2D eigenvalue weighted by Crippen LogP contribution is -2.42. The van der Waals surface area contributed by atoms with Crippen molar-refractivity contribution in [1.82, 2.24) is 4.72 Å². The molecule has 32 heavy (non-hydrogen) atoms. The van der Waals surface area contributed by atoms with Gasteiger partial charge >= 0.3 is 0 Å². The van der Waals surface area contributed by atoms with Crippen LogP contribution in [0.15, 0.2) is 34.3 Å². The number of nitrogens with one attached hydrogen (secondary N) is 1. The third kappa shape index (κ3) is 4.58. The molecule has 2 aromatic rings. The summed E-state index contributed by atoms with van der Waals surface area (Å²) in [5.74, 6) is -0.428. The Kier molecular flexibility index (Phi) is 6.13. The van der Waals surface area contributed by atoms with Crippen LogP contribution in [-0.2, 0) is 38.0 Å². The molecule has 0 bridgehead atoms. The molecule has 0 spiro atoms. The maximum Gasteiger partial charge on any atom is 0.274 e. The second-order valence-corrected chi connectivity index (χ2v) is 11.1. The largest absolute Gasteiger partial charge is 0.372 e. The predicted molar refractivity (Wildman–Crippen MR) is 123 cm³/mol. The second-order valence-electron chi connectivity index (χ2n) is 7.29. The number of aliphatic imine (C=N–C) groups is 2. The molecule has 172 valence electrons. The van der Waals surface area contributed by atoms with Crippen molar-refractivity contribution in [1.29, 1.82) is 0 Å². The zero-order chi connectivity index (χ0) is 23.1. The lowest BCUT2D eigenvalue weighted by Gasteiger charge is -2.29. The van der Waals surface area contributed by atoms with E-state index in [-0.39, 0.29) is 31.3 Å². The van der Waals surface area contributed by atoms with E-state index < -0.39 is 25.2 Å². The van der Waals surface area contributed by atoms with Crippen LogP contribution in [0.5, 0.6) is 0 Å². The van der Waals surface area contributed by atoms with Gasteiger partial charge in [0, 0.05) is 11.9 Å². The van der Waals surface area contributed by atoms with E-state index in [1.54, 1.807) is 4.90 Å². The van der Waals surface area contributed by atoms with Crippen LogP contribution >= 0.6 is 11.6 Å². The molecule has 2 heterocycles. The van der Waals surface area contributed by atoms with E-state index in [1.807, 2.05) is 29.0 Å². The van der Waals surface area contributed by atoms with Gasteiger partial charge < -0.3 is 10.5 Å². The average Bonchev–Trinajstić information content (AvgIpc) is 2.72. The van der Waals surface area contributed by atoms with E-state index in [9.17, 15) is 16.8 Å². The highest BCUT2D eigenvalue weighted by Gasteiger charge is 2.28. The maximum atomic E-state index is 12.6. The summed E-state index contributed by atoms with van der Waals surface area (Å²) in [7, 11) is -7.76. The van der Waals surface area contributed by atoms with Gasteiger partial charge in [0.2, 0.25) is 21.0 Å². The fourth-order valence-corrected chi connectivity index (χ4v) is 5.65. The van der Waals surface area contributed by atoms with Gasteiger partial charge in [-0.25, -0.2) is 23.3 Å². The summed E-state index contributed by atoms with van der Waals surface area (Å²) in [6, 6.07) is 7.59. The lowest BCUT2D eigenvalue weighted by molar-refractivity contribution is 0.103. The Morgan fingerprint density at radius 2 is 1.94 bits per heavy atom. The summed E-state index contributed by atoms with van der Waals surface area (Å²) < 4.78 is 54.5. The molecule has 0 aromatic heterocycles. The number of nitrogens with zero attached hydrogens (tertiary/aromatic N) is 3. The summed E-state index contributed by atoms with van der Waals surface area (Å²) in [6.45, 7) is 0.707. The predicted octanol–water partition coefficient (Wildman–Crippen LogP) is 0.570. The number of hydrogen-bond acceptors (Lipinski definition) is 9. The van der Waals surface area contributed by atoms with Gasteiger partial charge in [-0.15, -0.1) is 0 Å². The Morgan fingerprint density at radius 3 is 2.66 bits per heavy atom. The number of hydrogen-bond donors (Lipinski definition) is 3. The number of sulfone groups is 1. The fraction of sp³-hybridized carbons (Fsp3) is 0.333. The van der Waals surface area contributed by atoms with Crippen LogP contribution in [0.4, 0.5) is 5.69 Å². The molecule has 11 nitrogen and oxygen atoms in total. The van der Waals surface area contributed by atoms with Crippen molar-refractivity contribution >= 4 is 59.2 Å². The van der Waals surface area contributed by atoms with Crippen molar-refractivity contribution in [3.8, 4) is 0 Å². The summed E-state index contributed by atoms with van der Waals surface area (Å²) in [4.78, 5) is 9.66. The molecule has 2 aliphatic rings. The molecule has 0 saturated heterocycles. The lowest BCUT2D eigenvalue weighted by atomic mass is 9.96. The Labute approximate surface area is 190 Å².